The van der Waals surface area contributed by atoms with E-state index in [0.29, 0.717) is 0 Å². The summed E-state index contributed by atoms with van der Waals surface area (Å²) in [6, 6.07) is 0. The van der Waals surface area contributed by atoms with E-state index in [0.717, 1.165) is 0 Å². The molecule has 0 aliphatic rings. The van der Waals surface area contributed by atoms with Gasteiger partial charge in [-0.05, 0) is 0 Å². The Balaban J connectivity index is 0. The first-order chi connectivity index (χ1) is 0. The van der Waals surface area contributed by atoms with Gasteiger partial charge in [0.25, 0.3) is 0 Å². The van der Waals surface area contributed by atoms with Gasteiger partial charge in [0, 0.05) is 0 Å². The van der Waals surface area contributed by atoms with Crippen LogP contribution in [0.4, 0.5) is 0 Å². The van der Waals surface area contributed by atoms with Crippen LogP contribution in [0.2, 0.25) is 0 Å². The maximum atomic E-state index is 0. The Morgan fingerprint density at radius 1 is 0.273 bits per heavy atom. The van der Waals surface area contributed by atoms with Crippen LogP contribution in [-0.4, -0.2) is 55.7 Å². The third kappa shape index (κ3) is 735. The number of rotatable bonds is 0. The fourth-order valence-corrected chi connectivity index (χ4v) is 0. The van der Waals surface area contributed by atoms with E-state index >= 15 is 0 Å². The summed E-state index contributed by atoms with van der Waals surface area (Å²) < 4.78 is 0. The number of hydrogen-bond acceptors (Lipinski definition) is 0. The van der Waals surface area contributed by atoms with Gasteiger partial charge in [-0.2, -0.15) is 0 Å². The van der Waals surface area contributed by atoms with Crippen molar-refractivity contribution in [1.29, 1.82) is 0 Å². The van der Waals surface area contributed by atoms with E-state index in [1.807, 2.05) is 0 Å². The third-order valence-electron chi connectivity index (χ3n) is 0. The molecule has 0 spiro atoms. The van der Waals surface area contributed by atoms with Crippen LogP contribution < -0.4 is 37.2 Å². The zero-order chi connectivity index (χ0) is 0. The van der Waals surface area contributed by atoms with Crippen molar-refractivity contribution in [2.75, 3.05) is 0 Å². The maximum Gasteiger partial charge on any atom is 3.00 e. The molecule has 14 N–H and O–H groups in total. The Labute approximate surface area is 93.1 Å². The predicted molar refractivity (Wildman–Crippen MR) is 31.1 cm³/mol. The van der Waals surface area contributed by atoms with Gasteiger partial charge in [-0.1, -0.05) is 0 Å². The van der Waals surface area contributed by atoms with Crippen molar-refractivity contribution in [3.63, 3.8) is 0 Å². The monoisotopic (exact) mass is 258 g/mol. The molecule has 0 radical (unpaired) electrons. The molecule has 0 fully saturated rings. The van der Waals surface area contributed by atoms with Gasteiger partial charge >= 0.3 is 17.4 Å². The maximum absolute atomic E-state index is 0. The van der Waals surface area contributed by atoms with Gasteiger partial charge in [-0.15, -0.1) is 0 Å². The number of hydrogen-bond donors (Lipinski definition) is 0. The Morgan fingerprint density at radius 3 is 0.273 bits per heavy atom. The van der Waals surface area contributed by atoms with Gasteiger partial charge in [-0.25, -0.2) is 0 Å². The molecule has 11 heavy (non-hydrogen) atoms. The van der Waals surface area contributed by atoms with Crippen molar-refractivity contribution in [2.24, 2.45) is 0 Å². The van der Waals surface area contributed by atoms with Crippen LogP contribution in [0, 0.1) is 0 Å². The Hall–Kier alpha value is 1.12. The minimum absolute atomic E-state index is 0. The molecule has 11 heteroatoms. The van der Waals surface area contributed by atoms with Crippen LogP contribution in [0.15, 0.2) is 0 Å². The molecule has 0 aromatic carbocycles. The zero-order valence-corrected chi connectivity index (χ0v) is 8.63. The first-order valence-electron chi connectivity index (χ1n) is 0. The summed E-state index contributed by atoms with van der Waals surface area (Å²) in [6.07, 6.45) is 0. The molecule has 0 bridgehead atoms. The summed E-state index contributed by atoms with van der Waals surface area (Å²) in [7, 11) is 0. The summed E-state index contributed by atoms with van der Waals surface area (Å²) in [5.41, 5.74) is 0. The Morgan fingerprint density at radius 2 is 0.273 bits per heavy atom. The van der Waals surface area contributed by atoms with Crippen molar-refractivity contribution < 1.29 is 75.6 Å². The minimum Gasteiger partial charge on any atom is -1.00 e. The average Bonchev–Trinajstić information content (AvgIpc) is 0. The molecule has 0 unspecified atom stereocenters. The quantitative estimate of drug-likeness (QED) is 0.369. The van der Waals surface area contributed by atoms with Crippen LogP contribution in [0.3, 0.4) is 0 Å². The largest absolute Gasteiger partial charge is 3.00 e. The van der Waals surface area contributed by atoms with E-state index in [-0.39, 0.29) is 92.9 Å². The van der Waals surface area contributed by atoms with Crippen molar-refractivity contribution >= 4 is 17.4 Å². The topological polar surface area (TPSA) is 220 Å². The van der Waals surface area contributed by atoms with E-state index in [1.54, 1.807) is 0 Å². The van der Waals surface area contributed by atoms with Crippen LogP contribution in [-0.2, 0) is 0 Å². The van der Waals surface area contributed by atoms with Gasteiger partial charge in [0.15, 0.2) is 0 Å². The molecule has 0 heterocycles. The molecule has 80 valence electrons. The second-order valence-corrected chi connectivity index (χ2v) is 0. The average molecular weight is 259 g/mol. The smallest absolute Gasteiger partial charge is 1.00 e. The van der Waals surface area contributed by atoms with Crippen molar-refractivity contribution in [1.82, 2.24) is 0 Å². The van der Waals surface area contributed by atoms with Gasteiger partial charge < -0.3 is 75.6 Å². The normalized spacial score (nSPS) is 0. The second-order valence-electron chi connectivity index (χ2n) is 0. The summed E-state index contributed by atoms with van der Waals surface area (Å²) in [5, 5.41) is 0. The van der Waals surface area contributed by atoms with Crippen LogP contribution in [0.5, 0.6) is 0 Å². The summed E-state index contributed by atoms with van der Waals surface area (Å²) in [4.78, 5) is 0. The van der Waals surface area contributed by atoms with E-state index in [9.17, 15) is 0 Å². The minimum atomic E-state index is 0. The Kier molecular flexibility index (Phi) is 97900. The van der Waals surface area contributed by atoms with E-state index < -0.39 is 0 Å². The second kappa shape index (κ2) is 905. The zero-order valence-electron chi connectivity index (χ0n) is 5.21. The van der Waals surface area contributed by atoms with Crippen LogP contribution in [0.25, 0.3) is 0 Å². The number of halogens is 3. The summed E-state index contributed by atoms with van der Waals surface area (Å²) >= 11 is 0. The van der Waals surface area contributed by atoms with Crippen LogP contribution >= 0.6 is 0 Å². The van der Waals surface area contributed by atoms with Gasteiger partial charge in [0.1, 0.15) is 0 Å². The van der Waals surface area contributed by atoms with Crippen molar-refractivity contribution in [3.05, 3.63) is 0 Å². The molecule has 0 aliphatic carbocycles. The summed E-state index contributed by atoms with van der Waals surface area (Å²) in [5.74, 6) is 0. The molecule has 0 aromatic rings. The SMILES string of the molecule is O.O.O.O.O.O.O.[Al+3].[Cl-].[Cl-].[Cl-]. The third-order valence-corrected chi connectivity index (χ3v) is 0. The predicted octanol–water partition coefficient (Wildman–Crippen LogP) is -15.1. The van der Waals surface area contributed by atoms with Gasteiger partial charge in [0.2, 0.25) is 0 Å². The summed E-state index contributed by atoms with van der Waals surface area (Å²) in [6.45, 7) is 0. The molecule has 0 aliphatic heterocycles. The van der Waals surface area contributed by atoms with Crippen LogP contribution in [0.1, 0.15) is 0 Å². The fraction of sp³-hybridized carbons (Fsp3) is 0. The standard InChI is InChI=1S/Al.3ClH.7H2O/h;3*1H;7*1H2/q+3;;;;;;;;;;/p-3. The molecule has 0 saturated heterocycles. The Bertz CT molecular complexity index is 13.6. The molecule has 0 atom stereocenters. The molecule has 7 nitrogen and oxygen atoms in total. The molecule has 0 rings (SSSR count). The van der Waals surface area contributed by atoms with E-state index in [2.05, 4.69) is 0 Å². The van der Waals surface area contributed by atoms with Crippen molar-refractivity contribution in [3.8, 4) is 0 Å². The first kappa shape index (κ1) is 1190. The molecule has 0 amide bonds. The molecule has 0 saturated carbocycles. The van der Waals surface area contributed by atoms with E-state index in [4.69, 9.17) is 0 Å². The van der Waals surface area contributed by atoms with Crippen molar-refractivity contribution in [2.45, 2.75) is 0 Å². The molecular weight excluding hydrogens is 245 g/mol. The fourth-order valence-electron chi connectivity index (χ4n) is 0. The molecular formula is H14AlCl3O7. The molecule has 0 aromatic heterocycles. The van der Waals surface area contributed by atoms with Gasteiger partial charge in [0.05, 0.1) is 0 Å². The van der Waals surface area contributed by atoms with E-state index in [1.165, 1.54) is 0 Å². The first-order valence-corrected chi connectivity index (χ1v) is 0. The van der Waals surface area contributed by atoms with Gasteiger partial charge in [-0.3, -0.25) is 0 Å².